The summed E-state index contributed by atoms with van der Waals surface area (Å²) in [5.74, 6) is -1.67. The van der Waals surface area contributed by atoms with E-state index < -0.39 is 17.4 Å². The fourth-order valence-corrected chi connectivity index (χ4v) is 2.21. The molecule has 0 aliphatic heterocycles. The standard InChI is InChI=1S/C13H11ClF3NO4S/c1-21-11(19)6-9(12(20)22-2)18-7-3-4-10(8(14)5-7)23-13(15,16)17/h3-6,18H,1-2H3/b9-6+. The van der Waals surface area contributed by atoms with E-state index in [1.807, 2.05) is 0 Å². The Bertz CT molecular complexity index is 634. The first-order valence-corrected chi connectivity index (χ1v) is 7.06. The number of benzene rings is 1. The van der Waals surface area contributed by atoms with Gasteiger partial charge in [-0.05, 0) is 30.0 Å². The van der Waals surface area contributed by atoms with Crippen molar-refractivity contribution < 1.29 is 32.2 Å². The van der Waals surface area contributed by atoms with E-state index in [9.17, 15) is 22.8 Å². The maximum Gasteiger partial charge on any atom is 0.446 e. The number of carbonyl (C=O) groups is 2. The minimum Gasteiger partial charge on any atom is -0.466 e. The molecular formula is C13H11ClF3NO4S. The molecule has 0 saturated heterocycles. The Kier molecular flexibility index (Phi) is 6.77. The Morgan fingerprint density at radius 2 is 1.91 bits per heavy atom. The number of rotatable bonds is 5. The van der Waals surface area contributed by atoms with Crippen LogP contribution in [0.2, 0.25) is 5.02 Å². The zero-order valence-electron chi connectivity index (χ0n) is 11.9. The lowest BCUT2D eigenvalue weighted by Gasteiger charge is -2.12. The third-order valence-electron chi connectivity index (χ3n) is 2.31. The molecule has 0 fully saturated rings. The molecule has 126 valence electrons. The van der Waals surface area contributed by atoms with Crippen LogP contribution in [0.25, 0.3) is 0 Å². The number of thioether (sulfide) groups is 1. The van der Waals surface area contributed by atoms with Gasteiger partial charge >= 0.3 is 17.4 Å². The van der Waals surface area contributed by atoms with Gasteiger partial charge in [0, 0.05) is 10.6 Å². The highest BCUT2D eigenvalue weighted by Gasteiger charge is 2.30. The van der Waals surface area contributed by atoms with Gasteiger partial charge < -0.3 is 14.8 Å². The van der Waals surface area contributed by atoms with E-state index in [1.165, 1.54) is 12.1 Å². The van der Waals surface area contributed by atoms with E-state index in [2.05, 4.69) is 14.8 Å². The van der Waals surface area contributed by atoms with E-state index in [0.717, 1.165) is 26.4 Å². The number of ether oxygens (including phenoxy) is 2. The van der Waals surface area contributed by atoms with Crippen molar-refractivity contribution in [2.45, 2.75) is 10.4 Å². The molecule has 0 unspecified atom stereocenters. The van der Waals surface area contributed by atoms with E-state index in [4.69, 9.17) is 11.6 Å². The maximum atomic E-state index is 12.3. The number of alkyl halides is 3. The molecule has 0 aliphatic rings. The van der Waals surface area contributed by atoms with Crippen LogP contribution in [0.4, 0.5) is 18.9 Å². The van der Waals surface area contributed by atoms with Gasteiger partial charge in [-0.2, -0.15) is 13.2 Å². The molecule has 0 atom stereocenters. The molecule has 0 saturated carbocycles. The average molecular weight is 370 g/mol. The number of carbonyl (C=O) groups excluding carboxylic acids is 2. The first-order valence-electron chi connectivity index (χ1n) is 5.86. The molecule has 0 spiro atoms. The lowest BCUT2D eigenvalue weighted by atomic mass is 10.3. The quantitative estimate of drug-likeness (QED) is 0.486. The monoisotopic (exact) mass is 369 g/mol. The predicted octanol–water partition coefficient (Wildman–Crippen LogP) is 3.59. The topological polar surface area (TPSA) is 64.6 Å². The van der Waals surface area contributed by atoms with Crippen molar-refractivity contribution in [2.75, 3.05) is 19.5 Å². The molecular weight excluding hydrogens is 359 g/mol. The molecule has 0 aliphatic carbocycles. The van der Waals surface area contributed by atoms with Crippen LogP contribution < -0.4 is 5.32 Å². The molecule has 1 aromatic carbocycles. The van der Waals surface area contributed by atoms with Crippen molar-refractivity contribution in [2.24, 2.45) is 0 Å². The highest BCUT2D eigenvalue weighted by Crippen LogP contribution is 2.41. The largest absolute Gasteiger partial charge is 0.466 e. The molecule has 23 heavy (non-hydrogen) atoms. The second-order valence-corrected chi connectivity index (χ2v) is 5.40. The number of esters is 2. The molecule has 1 aromatic rings. The van der Waals surface area contributed by atoms with Crippen molar-refractivity contribution in [3.8, 4) is 0 Å². The van der Waals surface area contributed by atoms with Crippen molar-refractivity contribution in [1.29, 1.82) is 0 Å². The molecule has 0 radical (unpaired) electrons. The van der Waals surface area contributed by atoms with E-state index in [-0.39, 0.29) is 33.1 Å². The summed E-state index contributed by atoms with van der Waals surface area (Å²) in [5, 5.41) is 2.37. The van der Waals surface area contributed by atoms with Gasteiger partial charge in [0.1, 0.15) is 5.70 Å². The van der Waals surface area contributed by atoms with Crippen molar-refractivity contribution in [3.63, 3.8) is 0 Å². The Labute approximate surface area is 138 Å². The number of halogens is 4. The van der Waals surface area contributed by atoms with Crippen LogP contribution in [0.5, 0.6) is 0 Å². The molecule has 0 aromatic heterocycles. The highest BCUT2D eigenvalue weighted by atomic mass is 35.5. The zero-order chi connectivity index (χ0) is 17.6. The molecule has 0 bridgehead atoms. The first kappa shape index (κ1) is 19.2. The highest BCUT2D eigenvalue weighted by molar-refractivity contribution is 8.00. The van der Waals surface area contributed by atoms with E-state index in [1.54, 1.807) is 0 Å². The van der Waals surface area contributed by atoms with Crippen LogP contribution in [-0.4, -0.2) is 31.7 Å². The molecule has 5 nitrogen and oxygen atoms in total. The van der Waals surface area contributed by atoms with Crippen LogP contribution in [-0.2, 0) is 19.1 Å². The Hall–Kier alpha value is -1.87. The molecule has 0 heterocycles. The zero-order valence-corrected chi connectivity index (χ0v) is 13.4. The number of hydrogen-bond acceptors (Lipinski definition) is 6. The van der Waals surface area contributed by atoms with Gasteiger partial charge in [0.15, 0.2) is 0 Å². The summed E-state index contributed by atoms with van der Waals surface area (Å²) in [6.45, 7) is 0. The summed E-state index contributed by atoms with van der Waals surface area (Å²) < 4.78 is 45.9. The van der Waals surface area contributed by atoms with Gasteiger partial charge in [-0.25, -0.2) is 9.59 Å². The van der Waals surface area contributed by atoms with Crippen LogP contribution in [0.3, 0.4) is 0 Å². The Balaban J connectivity index is 3.02. The smallest absolute Gasteiger partial charge is 0.446 e. The first-order chi connectivity index (χ1) is 10.7. The second-order valence-electron chi connectivity index (χ2n) is 3.89. The molecule has 10 heteroatoms. The number of nitrogens with one attached hydrogen (secondary N) is 1. The number of hydrogen-bond donors (Lipinski definition) is 1. The van der Waals surface area contributed by atoms with Crippen LogP contribution in [0.15, 0.2) is 34.9 Å². The van der Waals surface area contributed by atoms with Gasteiger partial charge in [-0.3, -0.25) is 0 Å². The Morgan fingerprint density at radius 1 is 1.26 bits per heavy atom. The van der Waals surface area contributed by atoms with E-state index in [0.29, 0.717) is 0 Å². The number of anilines is 1. The summed E-state index contributed by atoms with van der Waals surface area (Å²) in [6.07, 6.45) is 0.845. The molecule has 1 rings (SSSR count). The summed E-state index contributed by atoms with van der Waals surface area (Å²) in [5.41, 5.74) is -4.53. The van der Waals surface area contributed by atoms with Crippen LogP contribution in [0, 0.1) is 0 Å². The number of methoxy groups -OCH3 is 2. The van der Waals surface area contributed by atoms with Gasteiger partial charge in [0.25, 0.3) is 0 Å². The van der Waals surface area contributed by atoms with Crippen molar-refractivity contribution in [3.05, 3.63) is 35.0 Å². The SMILES string of the molecule is COC(=O)/C=C(/Nc1ccc(SC(F)(F)F)c(Cl)c1)C(=O)OC. The molecule has 0 amide bonds. The van der Waals surface area contributed by atoms with Crippen LogP contribution >= 0.6 is 23.4 Å². The van der Waals surface area contributed by atoms with Gasteiger partial charge in [0.05, 0.1) is 25.3 Å². The van der Waals surface area contributed by atoms with Crippen molar-refractivity contribution in [1.82, 2.24) is 0 Å². The third kappa shape index (κ3) is 6.41. The third-order valence-corrected chi connectivity index (χ3v) is 3.54. The fourth-order valence-electron chi connectivity index (χ4n) is 1.37. The van der Waals surface area contributed by atoms with Gasteiger partial charge in [-0.15, -0.1) is 0 Å². The minimum absolute atomic E-state index is 0.167. The summed E-state index contributed by atoms with van der Waals surface area (Å²) in [4.78, 5) is 22.6. The summed E-state index contributed by atoms with van der Waals surface area (Å²) in [6, 6.07) is 3.59. The van der Waals surface area contributed by atoms with Gasteiger partial charge in [0.2, 0.25) is 0 Å². The summed E-state index contributed by atoms with van der Waals surface area (Å²) >= 11 is 5.42. The Morgan fingerprint density at radius 3 is 2.39 bits per heavy atom. The predicted molar refractivity (Wildman–Crippen MR) is 79.1 cm³/mol. The van der Waals surface area contributed by atoms with E-state index >= 15 is 0 Å². The van der Waals surface area contributed by atoms with Crippen LogP contribution in [0.1, 0.15) is 0 Å². The second kappa shape index (κ2) is 8.11. The minimum atomic E-state index is -4.47. The lowest BCUT2D eigenvalue weighted by Crippen LogP contribution is -2.15. The summed E-state index contributed by atoms with van der Waals surface area (Å²) in [7, 11) is 2.22. The fraction of sp³-hybridized carbons (Fsp3) is 0.231. The maximum absolute atomic E-state index is 12.3. The van der Waals surface area contributed by atoms with Crippen molar-refractivity contribution >= 4 is 41.0 Å². The lowest BCUT2D eigenvalue weighted by molar-refractivity contribution is -0.138. The average Bonchev–Trinajstić information content (AvgIpc) is 2.47. The normalized spacial score (nSPS) is 11.8. The molecule has 1 N–H and O–H groups in total. The van der Waals surface area contributed by atoms with Gasteiger partial charge in [-0.1, -0.05) is 11.6 Å².